The van der Waals surface area contributed by atoms with Gasteiger partial charge >= 0.3 is 0 Å². The van der Waals surface area contributed by atoms with Crippen molar-refractivity contribution in [1.29, 1.82) is 0 Å². The summed E-state index contributed by atoms with van der Waals surface area (Å²) in [6, 6.07) is 16.8. The Bertz CT molecular complexity index is 977. The van der Waals surface area contributed by atoms with Crippen molar-refractivity contribution in [2.24, 2.45) is 5.92 Å². The Hall–Kier alpha value is -2.50. The van der Waals surface area contributed by atoms with Crippen LogP contribution in [0.5, 0.6) is 0 Å². The highest BCUT2D eigenvalue weighted by Crippen LogP contribution is 2.27. The Morgan fingerprint density at radius 2 is 1.68 bits per heavy atom. The second-order valence-electron chi connectivity index (χ2n) is 6.84. The van der Waals surface area contributed by atoms with Crippen molar-refractivity contribution in [3.63, 3.8) is 0 Å². The second kappa shape index (κ2) is 8.25. The molecule has 1 saturated heterocycles. The summed E-state index contributed by atoms with van der Waals surface area (Å²) in [5, 5.41) is 3.27. The number of halogens is 1. The summed E-state index contributed by atoms with van der Waals surface area (Å²) >= 11 is 7.38. The van der Waals surface area contributed by atoms with Crippen LogP contribution in [0, 0.1) is 5.92 Å². The third-order valence-corrected chi connectivity index (χ3v) is 6.17. The smallest absolute Gasteiger partial charge is 0.273 e. The van der Waals surface area contributed by atoms with Gasteiger partial charge in [0, 0.05) is 40.5 Å². The first kappa shape index (κ1) is 18.8. The van der Waals surface area contributed by atoms with Crippen LogP contribution in [0.25, 0.3) is 10.6 Å². The molecule has 0 saturated carbocycles. The molecule has 6 heteroatoms. The first-order valence-corrected chi connectivity index (χ1v) is 10.5. The van der Waals surface area contributed by atoms with E-state index in [1.807, 2.05) is 54.6 Å². The molecule has 2 heterocycles. The van der Waals surface area contributed by atoms with Gasteiger partial charge in [-0.25, -0.2) is 4.98 Å². The van der Waals surface area contributed by atoms with E-state index in [9.17, 15) is 9.59 Å². The van der Waals surface area contributed by atoms with Crippen molar-refractivity contribution in [2.45, 2.75) is 12.8 Å². The summed E-state index contributed by atoms with van der Waals surface area (Å²) in [5.41, 5.74) is 2.16. The number of ketones is 1. The summed E-state index contributed by atoms with van der Waals surface area (Å²) in [5.74, 6) is 0.0833. The Balaban J connectivity index is 1.39. The maximum Gasteiger partial charge on any atom is 0.273 e. The van der Waals surface area contributed by atoms with Crippen LogP contribution in [0.3, 0.4) is 0 Å². The zero-order chi connectivity index (χ0) is 19.5. The summed E-state index contributed by atoms with van der Waals surface area (Å²) in [7, 11) is 0. The second-order valence-corrected chi connectivity index (χ2v) is 8.14. The molecule has 1 fully saturated rings. The normalized spacial score (nSPS) is 14.8. The Labute approximate surface area is 172 Å². The lowest BCUT2D eigenvalue weighted by atomic mass is 9.89. The number of Topliss-reactive ketones (excluding diaryl/α,β-unsaturated/α-hetero) is 1. The molecule has 0 radical (unpaired) electrons. The molecule has 0 aliphatic carbocycles. The lowest BCUT2D eigenvalue weighted by Crippen LogP contribution is -2.40. The van der Waals surface area contributed by atoms with Gasteiger partial charge in [0.25, 0.3) is 5.91 Å². The van der Waals surface area contributed by atoms with Gasteiger partial charge in [0.05, 0.1) is 0 Å². The number of aromatic nitrogens is 1. The molecule has 1 aliphatic heterocycles. The predicted molar refractivity (Wildman–Crippen MR) is 112 cm³/mol. The van der Waals surface area contributed by atoms with Gasteiger partial charge in [0.2, 0.25) is 0 Å². The molecule has 2 aromatic carbocycles. The number of benzene rings is 2. The van der Waals surface area contributed by atoms with Gasteiger partial charge in [-0.15, -0.1) is 11.3 Å². The quantitative estimate of drug-likeness (QED) is 0.555. The monoisotopic (exact) mass is 410 g/mol. The van der Waals surface area contributed by atoms with E-state index in [4.69, 9.17) is 11.6 Å². The number of rotatable bonds is 4. The van der Waals surface area contributed by atoms with Gasteiger partial charge in [-0.2, -0.15) is 0 Å². The number of thiazole rings is 1. The average Bonchev–Trinajstić information content (AvgIpc) is 3.24. The number of nitrogens with zero attached hydrogens (tertiary/aromatic N) is 2. The minimum absolute atomic E-state index is 0.0217. The highest BCUT2D eigenvalue weighted by atomic mass is 35.5. The van der Waals surface area contributed by atoms with Gasteiger partial charge in [-0.05, 0) is 25.0 Å². The van der Waals surface area contributed by atoms with E-state index < -0.39 is 0 Å². The highest BCUT2D eigenvalue weighted by molar-refractivity contribution is 7.13. The Morgan fingerprint density at radius 3 is 2.36 bits per heavy atom. The van der Waals surface area contributed by atoms with E-state index in [0.717, 1.165) is 16.1 Å². The fourth-order valence-electron chi connectivity index (χ4n) is 3.44. The first-order chi connectivity index (χ1) is 13.6. The number of amides is 1. The van der Waals surface area contributed by atoms with Gasteiger partial charge < -0.3 is 4.90 Å². The summed E-state index contributed by atoms with van der Waals surface area (Å²) < 4.78 is 0. The minimum atomic E-state index is -0.0675. The van der Waals surface area contributed by atoms with E-state index in [1.165, 1.54) is 11.3 Å². The third-order valence-electron chi connectivity index (χ3n) is 5.03. The molecule has 4 rings (SSSR count). The molecule has 0 spiro atoms. The molecule has 0 bridgehead atoms. The van der Waals surface area contributed by atoms with Crippen LogP contribution < -0.4 is 0 Å². The SMILES string of the molecule is O=C(c1ccccc1)C1CCN(C(=O)c2csc(-c3ccc(Cl)cc3)n2)CC1. The van der Waals surface area contributed by atoms with Crippen LogP contribution in [0.1, 0.15) is 33.7 Å². The molecule has 1 amide bonds. The Kier molecular flexibility index (Phi) is 5.55. The number of likely N-dealkylation sites (tertiary alicyclic amines) is 1. The van der Waals surface area contributed by atoms with E-state index in [2.05, 4.69) is 4.98 Å². The zero-order valence-corrected chi connectivity index (χ0v) is 16.7. The number of carbonyl (C=O) groups is 2. The largest absolute Gasteiger partial charge is 0.337 e. The molecular formula is C22H19ClN2O2S. The van der Waals surface area contributed by atoms with Gasteiger partial charge in [0.15, 0.2) is 5.78 Å². The maximum atomic E-state index is 12.8. The fourth-order valence-corrected chi connectivity index (χ4v) is 4.37. The molecular weight excluding hydrogens is 392 g/mol. The number of piperidine rings is 1. The molecule has 0 atom stereocenters. The average molecular weight is 411 g/mol. The van der Waals surface area contributed by atoms with E-state index in [0.29, 0.717) is 36.6 Å². The van der Waals surface area contributed by atoms with Gasteiger partial charge in [-0.1, -0.05) is 54.1 Å². The maximum absolute atomic E-state index is 12.8. The molecule has 1 aromatic heterocycles. The van der Waals surface area contributed by atoms with Crippen LogP contribution in [0.4, 0.5) is 0 Å². The fraction of sp³-hybridized carbons (Fsp3) is 0.227. The zero-order valence-electron chi connectivity index (χ0n) is 15.2. The number of carbonyl (C=O) groups excluding carboxylic acids is 2. The van der Waals surface area contributed by atoms with Crippen molar-refractivity contribution in [2.75, 3.05) is 13.1 Å². The van der Waals surface area contributed by atoms with Gasteiger partial charge in [0.1, 0.15) is 10.7 Å². The van der Waals surface area contributed by atoms with Crippen LogP contribution in [0.2, 0.25) is 5.02 Å². The van der Waals surface area contributed by atoms with E-state index in [-0.39, 0.29) is 17.6 Å². The van der Waals surface area contributed by atoms with Crippen LogP contribution >= 0.6 is 22.9 Å². The lowest BCUT2D eigenvalue weighted by Gasteiger charge is -2.30. The lowest BCUT2D eigenvalue weighted by molar-refractivity contribution is 0.0646. The van der Waals surface area contributed by atoms with Crippen molar-refractivity contribution in [1.82, 2.24) is 9.88 Å². The Morgan fingerprint density at radius 1 is 1.00 bits per heavy atom. The van der Waals surface area contributed by atoms with E-state index in [1.54, 1.807) is 10.3 Å². The summed E-state index contributed by atoms with van der Waals surface area (Å²) in [4.78, 5) is 31.7. The van der Waals surface area contributed by atoms with Crippen LogP contribution in [0.15, 0.2) is 60.0 Å². The molecule has 1 aliphatic rings. The van der Waals surface area contributed by atoms with Crippen molar-refractivity contribution in [3.05, 3.63) is 76.3 Å². The van der Waals surface area contributed by atoms with Crippen molar-refractivity contribution >= 4 is 34.6 Å². The third kappa shape index (κ3) is 4.01. The molecule has 3 aromatic rings. The minimum Gasteiger partial charge on any atom is -0.337 e. The molecule has 142 valence electrons. The molecule has 0 N–H and O–H groups in total. The standard InChI is InChI=1S/C22H19ClN2O2S/c23-18-8-6-17(7-9-18)21-24-19(14-28-21)22(27)25-12-10-16(11-13-25)20(26)15-4-2-1-3-5-15/h1-9,14,16H,10-13H2. The van der Waals surface area contributed by atoms with Gasteiger partial charge in [-0.3, -0.25) is 9.59 Å². The first-order valence-electron chi connectivity index (χ1n) is 9.22. The van der Waals surface area contributed by atoms with E-state index >= 15 is 0 Å². The van der Waals surface area contributed by atoms with Crippen LogP contribution in [-0.2, 0) is 0 Å². The summed E-state index contributed by atoms with van der Waals surface area (Å²) in [6.07, 6.45) is 1.38. The number of hydrogen-bond donors (Lipinski definition) is 0. The highest BCUT2D eigenvalue weighted by Gasteiger charge is 2.29. The summed E-state index contributed by atoms with van der Waals surface area (Å²) in [6.45, 7) is 1.16. The molecule has 28 heavy (non-hydrogen) atoms. The topological polar surface area (TPSA) is 50.3 Å². The van der Waals surface area contributed by atoms with Crippen LogP contribution in [-0.4, -0.2) is 34.7 Å². The van der Waals surface area contributed by atoms with Crippen molar-refractivity contribution in [3.8, 4) is 10.6 Å². The van der Waals surface area contributed by atoms with Crippen molar-refractivity contribution < 1.29 is 9.59 Å². The molecule has 4 nitrogen and oxygen atoms in total. The predicted octanol–water partition coefficient (Wildman–Crippen LogP) is 5.20. The molecule has 0 unspecified atom stereocenters. The number of hydrogen-bond acceptors (Lipinski definition) is 4.